The van der Waals surface area contributed by atoms with Crippen molar-refractivity contribution >= 4 is 50.8 Å². The Balaban J connectivity index is 1.30. The van der Waals surface area contributed by atoms with Gasteiger partial charge in [0.25, 0.3) is 0 Å². The highest BCUT2D eigenvalue weighted by Gasteiger charge is 2.19. The van der Waals surface area contributed by atoms with Crippen LogP contribution in [-0.2, 0) is 4.79 Å². The minimum Gasteiger partial charge on any atom is -0.368 e. The van der Waals surface area contributed by atoms with E-state index in [9.17, 15) is 4.79 Å². The second-order valence-corrected chi connectivity index (χ2v) is 8.71. The minimum atomic E-state index is -0.0761. The van der Waals surface area contributed by atoms with Gasteiger partial charge in [0, 0.05) is 48.2 Å². The van der Waals surface area contributed by atoms with Crippen LogP contribution in [-0.4, -0.2) is 47.8 Å². The maximum Gasteiger partial charge on any atom is 0.234 e. The standard InChI is InChI=1S/C22H22BrN5OS/c23-17-6-8-18(9-7-17)25-21(29)16-30-22-24-11-10-20(26-22)28-14-12-27(13-15-28)19-4-2-1-3-5-19/h1-11H,12-16H2,(H,25,29). The van der Waals surface area contributed by atoms with Gasteiger partial charge in [0.1, 0.15) is 5.82 Å². The highest BCUT2D eigenvalue weighted by atomic mass is 79.9. The quantitative estimate of drug-likeness (QED) is 0.416. The number of piperazine rings is 1. The van der Waals surface area contributed by atoms with Crippen molar-refractivity contribution in [2.75, 3.05) is 47.0 Å². The molecule has 1 N–H and O–H groups in total. The van der Waals surface area contributed by atoms with Crippen molar-refractivity contribution in [2.24, 2.45) is 0 Å². The Morgan fingerprint density at radius 2 is 1.67 bits per heavy atom. The van der Waals surface area contributed by atoms with Crippen molar-refractivity contribution in [3.8, 4) is 0 Å². The molecular weight excluding hydrogens is 462 g/mol. The Morgan fingerprint density at radius 1 is 0.967 bits per heavy atom. The first-order valence-electron chi connectivity index (χ1n) is 9.73. The molecule has 0 aliphatic carbocycles. The summed E-state index contributed by atoms with van der Waals surface area (Å²) in [6.45, 7) is 3.71. The van der Waals surface area contributed by atoms with Crippen LogP contribution in [0.4, 0.5) is 17.2 Å². The van der Waals surface area contributed by atoms with Gasteiger partial charge in [0.05, 0.1) is 5.75 Å². The van der Waals surface area contributed by atoms with Crippen LogP contribution in [0.3, 0.4) is 0 Å². The summed E-state index contributed by atoms with van der Waals surface area (Å²) >= 11 is 4.73. The molecule has 4 rings (SSSR count). The number of carbonyl (C=O) groups is 1. The predicted molar refractivity (Wildman–Crippen MR) is 126 cm³/mol. The van der Waals surface area contributed by atoms with Gasteiger partial charge in [-0.15, -0.1) is 0 Å². The molecule has 0 unspecified atom stereocenters. The number of amides is 1. The van der Waals surface area contributed by atoms with Gasteiger partial charge in [-0.1, -0.05) is 45.9 Å². The number of nitrogens with zero attached hydrogens (tertiary/aromatic N) is 4. The molecule has 30 heavy (non-hydrogen) atoms. The molecule has 2 heterocycles. The third-order valence-electron chi connectivity index (χ3n) is 4.80. The van der Waals surface area contributed by atoms with E-state index in [0.717, 1.165) is 42.2 Å². The second-order valence-electron chi connectivity index (χ2n) is 6.85. The zero-order valence-corrected chi connectivity index (χ0v) is 18.8. The highest BCUT2D eigenvalue weighted by molar-refractivity contribution is 9.10. The summed E-state index contributed by atoms with van der Waals surface area (Å²) in [5, 5.41) is 3.50. The summed E-state index contributed by atoms with van der Waals surface area (Å²) in [5.41, 5.74) is 2.03. The third-order valence-corrected chi connectivity index (χ3v) is 6.19. The number of anilines is 3. The number of nitrogens with one attached hydrogen (secondary N) is 1. The summed E-state index contributed by atoms with van der Waals surface area (Å²) in [5.74, 6) is 1.10. The van der Waals surface area contributed by atoms with E-state index in [2.05, 4.69) is 65.3 Å². The lowest BCUT2D eigenvalue weighted by Crippen LogP contribution is -2.46. The van der Waals surface area contributed by atoms with Crippen LogP contribution >= 0.6 is 27.7 Å². The number of rotatable bonds is 6. The zero-order chi connectivity index (χ0) is 20.8. The summed E-state index contributed by atoms with van der Waals surface area (Å²) in [4.78, 5) is 25.8. The average molecular weight is 484 g/mol. The van der Waals surface area contributed by atoms with Gasteiger partial charge in [-0.3, -0.25) is 4.79 Å². The SMILES string of the molecule is O=C(CSc1nccc(N2CCN(c3ccccc3)CC2)n1)Nc1ccc(Br)cc1. The average Bonchev–Trinajstić information content (AvgIpc) is 2.80. The fourth-order valence-corrected chi connectivity index (χ4v) is 4.16. The number of hydrogen-bond donors (Lipinski definition) is 1. The summed E-state index contributed by atoms with van der Waals surface area (Å²) in [6.07, 6.45) is 1.76. The Bertz CT molecular complexity index is 978. The lowest BCUT2D eigenvalue weighted by atomic mass is 10.2. The monoisotopic (exact) mass is 483 g/mol. The Hall–Kier alpha value is -2.58. The van der Waals surface area contributed by atoms with Gasteiger partial charge in [0.2, 0.25) is 5.91 Å². The fourth-order valence-electron chi connectivity index (χ4n) is 3.27. The van der Waals surface area contributed by atoms with Crippen molar-refractivity contribution in [1.29, 1.82) is 0 Å². The Labute approximate surface area is 188 Å². The van der Waals surface area contributed by atoms with Crippen LogP contribution in [0, 0.1) is 0 Å². The van der Waals surface area contributed by atoms with E-state index in [4.69, 9.17) is 0 Å². The molecule has 154 valence electrons. The number of halogens is 1. The molecule has 0 bridgehead atoms. The lowest BCUT2D eigenvalue weighted by molar-refractivity contribution is -0.113. The number of para-hydroxylation sites is 1. The Morgan fingerprint density at radius 3 is 2.40 bits per heavy atom. The Kier molecular flexibility index (Phi) is 6.86. The smallest absolute Gasteiger partial charge is 0.234 e. The van der Waals surface area contributed by atoms with Crippen LogP contribution in [0.5, 0.6) is 0 Å². The first kappa shape index (κ1) is 20.7. The normalized spacial score (nSPS) is 13.9. The van der Waals surface area contributed by atoms with E-state index >= 15 is 0 Å². The molecule has 1 aliphatic heterocycles. The molecule has 1 aliphatic rings. The molecular formula is C22H22BrN5OS. The molecule has 1 amide bonds. The van der Waals surface area contributed by atoms with E-state index in [-0.39, 0.29) is 11.7 Å². The lowest BCUT2D eigenvalue weighted by Gasteiger charge is -2.36. The van der Waals surface area contributed by atoms with Crippen molar-refractivity contribution in [3.63, 3.8) is 0 Å². The maximum atomic E-state index is 12.2. The van der Waals surface area contributed by atoms with E-state index in [0.29, 0.717) is 5.16 Å². The number of hydrogen-bond acceptors (Lipinski definition) is 6. The zero-order valence-electron chi connectivity index (χ0n) is 16.4. The number of aromatic nitrogens is 2. The molecule has 6 nitrogen and oxygen atoms in total. The maximum absolute atomic E-state index is 12.2. The molecule has 0 atom stereocenters. The van der Waals surface area contributed by atoms with E-state index < -0.39 is 0 Å². The summed E-state index contributed by atoms with van der Waals surface area (Å²) < 4.78 is 0.977. The van der Waals surface area contributed by atoms with Crippen LogP contribution in [0.1, 0.15) is 0 Å². The molecule has 2 aromatic carbocycles. The van der Waals surface area contributed by atoms with Crippen molar-refractivity contribution in [3.05, 3.63) is 71.3 Å². The van der Waals surface area contributed by atoms with Crippen LogP contribution in [0.15, 0.2) is 76.5 Å². The van der Waals surface area contributed by atoms with Gasteiger partial charge in [-0.05, 0) is 42.5 Å². The fraction of sp³-hybridized carbons (Fsp3) is 0.227. The van der Waals surface area contributed by atoms with Gasteiger partial charge in [0.15, 0.2) is 5.16 Å². The largest absolute Gasteiger partial charge is 0.368 e. The van der Waals surface area contributed by atoms with Crippen molar-refractivity contribution in [1.82, 2.24) is 9.97 Å². The van der Waals surface area contributed by atoms with E-state index in [1.54, 1.807) is 6.20 Å². The van der Waals surface area contributed by atoms with E-state index in [1.807, 2.05) is 36.4 Å². The first-order chi connectivity index (χ1) is 14.7. The van der Waals surface area contributed by atoms with Gasteiger partial charge < -0.3 is 15.1 Å². The number of benzene rings is 2. The van der Waals surface area contributed by atoms with E-state index in [1.165, 1.54) is 17.4 Å². The van der Waals surface area contributed by atoms with Gasteiger partial charge in [-0.2, -0.15) is 0 Å². The predicted octanol–water partition coefficient (Wildman–Crippen LogP) is 4.30. The van der Waals surface area contributed by atoms with Crippen LogP contribution in [0.2, 0.25) is 0 Å². The van der Waals surface area contributed by atoms with Gasteiger partial charge >= 0.3 is 0 Å². The van der Waals surface area contributed by atoms with Crippen molar-refractivity contribution < 1.29 is 4.79 Å². The third kappa shape index (κ3) is 5.52. The second kappa shape index (κ2) is 9.95. The molecule has 3 aromatic rings. The highest BCUT2D eigenvalue weighted by Crippen LogP contribution is 2.21. The summed E-state index contributed by atoms with van der Waals surface area (Å²) in [6, 6.07) is 19.9. The molecule has 0 saturated carbocycles. The summed E-state index contributed by atoms with van der Waals surface area (Å²) in [7, 11) is 0. The first-order valence-corrected chi connectivity index (χ1v) is 11.5. The van der Waals surface area contributed by atoms with Crippen LogP contribution in [0.25, 0.3) is 0 Å². The molecule has 1 aromatic heterocycles. The minimum absolute atomic E-state index is 0.0761. The van der Waals surface area contributed by atoms with Crippen LogP contribution < -0.4 is 15.1 Å². The molecule has 1 fully saturated rings. The van der Waals surface area contributed by atoms with Gasteiger partial charge in [-0.25, -0.2) is 9.97 Å². The molecule has 8 heteroatoms. The molecule has 1 saturated heterocycles. The number of thioether (sulfide) groups is 1. The molecule has 0 radical (unpaired) electrons. The topological polar surface area (TPSA) is 61.4 Å². The van der Waals surface area contributed by atoms with Crippen molar-refractivity contribution in [2.45, 2.75) is 5.16 Å². The molecule has 0 spiro atoms. The number of carbonyl (C=O) groups excluding carboxylic acids is 1.